The molecule has 1 heterocycles. The normalized spacial score (nSPS) is 42.3. The fourth-order valence-corrected chi connectivity index (χ4v) is 12.9. The van der Waals surface area contributed by atoms with E-state index >= 15 is 0 Å². The Balaban J connectivity index is 1.21. The number of esters is 1. The Morgan fingerprint density at radius 2 is 1.70 bits per heavy atom. The number of carbonyl (C=O) groups excluding carboxylic acids is 3. The van der Waals surface area contributed by atoms with Gasteiger partial charge in [0.05, 0.1) is 4.70 Å². The number of benzene rings is 1. The molecular weight excluding hydrogens is 612 g/mol. The minimum atomic E-state index is -0.636. The largest absolute Gasteiger partial charge is 0.462 e. The van der Waals surface area contributed by atoms with Crippen molar-refractivity contribution < 1.29 is 23.5 Å². The minimum Gasteiger partial charge on any atom is -0.462 e. The number of hydrogen-bond acceptors (Lipinski definition) is 6. The molecule has 1 aromatic heterocycles. The van der Waals surface area contributed by atoms with E-state index in [0.717, 1.165) is 51.4 Å². The van der Waals surface area contributed by atoms with Gasteiger partial charge in [0.1, 0.15) is 17.4 Å². The van der Waals surface area contributed by atoms with Crippen molar-refractivity contribution in [2.24, 2.45) is 50.2 Å². The minimum absolute atomic E-state index is 0.0266. The van der Waals surface area contributed by atoms with Crippen LogP contribution in [-0.2, 0) is 19.1 Å². The predicted molar refractivity (Wildman–Crippen MR) is 183 cm³/mol. The molecule has 0 radical (unpaired) electrons. The van der Waals surface area contributed by atoms with Gasteiger partial charge in [0.2, 0.25) is 5.91 Å². The van der Waals surface area contributed by atoms with Crippen molar-refractivity contribution in [3.63, 3.8) is 0 Å². The molecule has 5 aliphatic carbocycles. The van der Waals surface area contributed by atoms with Gasteiger partial charge in [-0.2, -0.15) is 0 Å². The van der Waals surface area contributed by atoms with Crippen LogP contribution in [0.3, 0.4) is 0 Å². The van der Waals surface area contributed by atoms with E-state index in [2.05, 4.69) is 58.8 Å². The number of nitrogens with one attached hydrogen (secondary N) is 1. The molecule has 254 valence electrons. The van der Waals surface area contributed by atoms with Gasteiger partial charge < -0.3 is 10.1 Å². The first-order valence-electron chi connectivity index (χ1n) is 17.7. The van der Waals surface area contributed by atoms with Crippen LogP contribution in [0.2, 0.25) is 0 Å². The molecule has 6 nitrogen and oxygen atoms in total. The molecular formula is C39H51FN2O4S. The Morgan fingerprint density at radius 1 is 0.979 bits per heavy atom. The number of hydrogen-bond donors (Lipinski definition) is 1. The molecule has 1 amide bonds. The van der Waals surface area contributed by atoms with E-state index in [0.29, 0.717) is 16.3 Å². The van der Waals surface area contributed by atoms with Crippen molar-refractivity contribution in [2.45, 2.75) is 119 Å². The topological polar surface area (TPSA) is 85.4 Å². The van der Waals surface area contributed by atoms with Gasteiger partial charge in [0.25, 0.3) is 0 Å². The zero-order valence-electron chi connectivity index (χ0n) is 29.3. The fourth-order valence-electron chi connectivity index (χ4n) is 12.0. The van der Waals surface area contributed by atoms with Crippen molar-refractivity contribution in [1.29, 1.82) is 0 Å². The van der Waals surface area contributed by atoms with Gasteiger partial charge in [-0.3, -0.25) is 14.4 Å². The standard InChI is InChI=1S/C39H51FN2O4S/c1-22(43)46-29-13-14-37(6)28(34(29,2)3)12-15-39(8)31(37)26(44)20-23-24-21-36(5,17-16-35(24,4)18-19-38(23,39)7)32(45)42-33-41-30-25(40)10-9-11-27(30)47-33/h9-11,20,24,28-29,31H,12-19,21H2,1-8H3,(H,41,42,45)/t24-,28-,29-,31+,35+,36-,37-,38+,39+/m0/s1. The highest BCUT2D eigenvalue weighted by molar-refractivity contribution is 7.22. The van der Waals surface area contributed by atoms with Crippen LogP contribution in [0.1, 0.15) is 113 Å². The van der Waals surface area contributed by atoms with Crippen LogP contribution in [0.5, 0.6) is 0 Å². The summed E-state index contributed by atoms with van der Waals surface area (Å²) in [5.74, 6) is -0.118. The SMILES string of the molecule is CC(=O)O[C@H]1CC[C@]2(C)[C@H]3C(=O)C=C4[C@@H]5C[C@@](C)(C(=O)Nc6nc7c(F)cccc7s6)CC[C@]5(C)CC[C@@]4(C)[C@]3(C)CC[C@H]2C1(C)C. The van der Waals surface area contributed by atoms with Crippen molar-refractivity contribution in [3.05, 3.63) is 35.7 Å². The number of ketones is 1. The second-order valence-electron chi connectivity index (χ2n) is 17.8. The summed E-state index contributed by atoms with van der Waals surface area (Å²) in [4.78, 5) is 45.2. The molecule has 0 aliphatic heterocycles. The first-order chi connectivity index (χ1) is 21.9. The molecule has 1 aromatic carbocycles. The number of carbonyl (C=O) groups is 3. The van der Waals surface area contributed by atoms with Gasteiger partial charge in [0, 0.05) is 23.7 Å². The van der Waals surface area contributed by atoms with Crippen molar-refractivity contribution in [1.82, 2.24) is 4.98 Å². The average molecular weight is 663 g/mol. The highest BCUT2D eigenvalue weighted by Gasteiger charge is 2.70. The molecule has 0 bridgehead atoms. The number of halogens is 1. The summed E-state index contributed by atoms with van der Waals surface area (Å²) in [6, 6.07) is 4.88. The number of fused-ring (bicyclic) bond motifs is 8. The lowest BCUT2D eigenvalue weighted by molar-refractivity contribution is -0.210. The van der Waals surface area contributed by atoms with E-state index < -0.39 is 5.41 Å². The molecule has 47 heavy (non-hydrogen) atoms. The number of aromatic nitrogens is 1. The number of para-hydroxylation sites is 1. The van der Waals surface area contributed by atoms with E-state index in [9.17, 15) is 18.8 Å². The maximum atomic E-state index is 14.7. The Morgan fingerprint density at radius 3 is 2.40 bits per heavy atom. The van der Waals surface area contributed by atoms with Crippen LogP contribution in [0.15, 0.2) is 29.8 Å². The summed E-state index contributed by atoms with van der Waals surface area (Å²) in [6.45, 7) is 17.6. The molecule has 4 fully saturated rings. The molecule has 2 aromatic rings. The van der Waals surface area contributed by atoms with Crippen LogP contribution in [-0.4, -0.2) is 28.7 Å². The predicted octanol–water partition coefficient (Wildman–Crippen LogP) is 9.29. The second kappa shape index (κ2) is 10.4. The molecule has 0 spiro atoms. The molecule has 5 aliphatic rings. The van der Waals surface area contributed by atoms with Gasteiger partial charge in [0.15, 0.2) is 10.9 Å². The van der Waals surface area contributed by atoms with Crippen LogP contribution >= 0.6 is 11.3 Å². The Hall–Kier alpha value is -2.61. The lowest BCUT2D eigenvalue weighted by Gasteiger charge is -2.70. The number of nitrogens with zero attached hydrogens (tertiary/aromatic N) is 1. The highest BCUT2D eigenvalue weighted by atomic mass is 32.1. The zero-order valence-corrected chi connectivity index (χ0v) is 30.2. The number of amides is 1. The molecule has 0 saturated heterocycles. The monoisotopic (exact) mass is 662 g/mol. The van der Waals surface area contributed by atoms with Crippen molar-refractivity contribution in [3.8, 4) is 0 Å². The summed E-state index contributed by atoms with van der Waals surface area (Å²) in [7, 11) is 0. The fraction of sp³-hybridized carbons (Fsp3) is 0.692. The number of thiazole rings is 1. The summed E-state index contributed by atoms with van der Waals surface area (Å²) in [5, 5.41) is 3.49. The smallest absolute Gasteiger partial charge is 0.302 e. The van der Waals surface area contributed by atoms with Gasteiger partial charge >= 0.3 is 5.97 Å². The number of rotatable bonds is 3. The highest BCUT2D eigenvalue weighted by Crippen LogP contribution is 2.75. The van der Waals surface area contributed by atoms with E-state index in [1.165, 1.54) is 29.9 Å². The van der Waals surface area contributed by atoms with Crippen LogP contribution < -0.4 is 5.32 Å². The average Bonchev–Trinajstić information content (AvgIpc) is 3.40. The van der Waals surface area contributed by atoms with Crippen molar-refractivity contribution >= 4 is 44.3 Å². The summed E-state index contributed by atoms with van der Waals surface area (Å²) in [5.41, 5.74) is 0.189. The van der Waals surface area contributed by atoms with Gasteiger partial charge in [-0.15, -0.1) is 0 Å². The van der Waals surface area contributed by atoms with Gasteiger partial charge in [-0.25, -0.2) is 9.37 Å². The Labute approximate surface area is 282 Å². The quantitative estimate of drug-likeness (QED) is 0.331. The maximum absolute atomic E-state index is 14.7. The molecule has 7 rings (SSSR count). The first kappa shape index (κ1) is 32.9. The molecule has 1 N–H and O–H groups in total. The zero-order chi connectivity index (χ0) is 33.9. The third-order valence-corrected chi connectivity index (χ3v) is 15.9. The van der Waals surface area contributed by atoms with Crippen LogP contribution in [0.4, 0.5) is 9.52 Å². The Kier molecular flexibility index (Phi) is 7.32. The molecule has 9 atom stereocenters. The maximum Gasteiger partial charge on any atom is 0.302 e. The van der Waals surface area contributed by atoms with Crippen LogP contribution in [0, 0.1) is 56.1 Å². The number of anilines is 1. The van der Waals surface area contributed by atoms with Crippen molar-refractivity contribution in [2.75, 3.05) is 5.32 Å². The van der Waals surface area contributed by atoms with Crippen LogP contribution in [0.25, 0.3) is 10.2 Å². The Bertz CT molecular complexity index is 1720. The van der Waals surface area contributed by atoms with E-state index in [-0.39, 0.29) is 79.9 Å². The second-order valence-corrected chi connectivity index (χ2v) is 18.8. The van der Waals surface area contributed by atoms with Gasteiger partial charge in [-0.1, -0.05) is 71.4 Å². The summed E-state index contributed by atoms with van der Waals surface area (Å²) >= 11 is 1.30. The third-order valence-electron chi connectivity index (χ3n) is 15.0. The molecule has 8 heteroatoms. The van der Waals surface area contributed by atoms with E-state index in [1.807, 2.05) is 12.1 Å². The van der Waals surface area contributed by atoms with E-state index in [1.54, 1.807) is 6.07 Å². The summed E-state index contributed by atoms with van der Waals surface area (Å²) < 4.78 is 21.0. The number of allylic oxidation sites excluding steroid dienone is 2. The lowest BCUT2D eigenvalue weighted by Crippen LogP contribution is -2.66. The molecule has 0 unspecified atom stereocenters. The van der Waals surface area contributed by atoms with Gasteiger partial charge in [-0.05, 0) is 109 Å². The summed E-state index contributed by atoms with van der Waals surface area (Å²) in [6.07, 6.45) is 10.0. The number of ether oxygens (including phenoxy) is 1. The third kappa shape index (κ3) is 4.58. The molecule has 4 saturated carbocycles. The lowest BCUT2D eigenvalue weighted by atomic mass is 9.33. The van der Waals surface area contributed by atoms with E-state index in [4.69, 9.17) is 4.74 Å². The first-order valence-corrected chi connectivity index (χ1v) is 18.5.